The average Bonchev–Trinajstić information content (AvgIpc) is 3.23. The van der Waals surface area contributed by atoms with Gasteiger partial charge in [0, 0.05) is 10.4 Å². The Kier molecular flexibility index (Phi) is 5.63. The van der Waals surface area contributed by atoms with Gasteiger partial charge in [0.25, 0.3) is 11.8 Å². The van der Waals surface area contributed by atoms with E-state index in [0.717, 1.165) is 20.9 Å². The number of nitrogens with zero attached hydrogens (tertiary/aromatic N) is 1. The van der Waals surface area contributed by atoms with Crippen molar-refractivity contribution in [1.82, 2.24) is 4.90 Å². The van der Waals surface area contributed by atoms with Crippen molar-refractivity contribution >= 4 is 40.0 Å². The lowest BCUT2D eigenvalue weighted by atomic mass is 10.0. The Morgan fingerprint density at radius 2 is 1.56 bits per heavy atom. The van der Waals surface area contributed by atoms with Gasteiger partial charge < -0.3 is 10.1 Å². The molecule has 0 unspecified atom stereocenters. The van der Waals surface area contributed by atoms with Crippen LogP contribution in [0.3, 0.4) is 0 Å². The van der Waals surface area contributed by atoms with Crippen molar-refractivity contribution < 1.29 is 23.9 Å². The summed E-state index contributed by atoms with van der Waals surface area (Å²) in [6.45, 7) is 3.37. The molecule has 1 aliphatic rings. The predicted octanol–water partition coefficient (Wildman–Crippen LogP) is 4.05. The van der Waals surface area contributed by atoms with Gasteiger partial charge in [-0.15, -0.1) is 11.3 Å². The Morgan fingerprint density at radius 1 is 0.969 bits per heavy atom. The smallest absolute Gasteiger partial charge is 0.341 e. The second kappa shape index (κ2) is 8.39. The van der Waals surface area contributed by atoms with E-state index in [4.69, 9.17) is 4.74 Å². The van der Waals surface area contributed by atoms with Crippen molar-refractivity contribution in [2.45, 2.75) is 13.8 Å². The minimum Gasteiger partial charge on any atom is -0.465 e. The van der Waals surface area contributed by atoms with Gasteiger partial charge in [0.15, 0.2) is 0 Å². The van der Waals surface area contributed by atoms with Crippen LogP contribution in [0, 0.1) is 13.8 Å². The molecule has 1 aromatic heterocycles. The van der Waals surface area contributed by atoms with Crippen molar-refractivity contribution in [3.05, 3.63) is 75.7 Å². The van der Waals surface area contributed by atoms with Crippen LogP contribution < -0.4 is 5.32 Å². The third-order valence-corrected chi connectivity index (χ3v) is 6.27. The van der Waals surface area contributed by atoms with E-state index in [1.54, 1.807) is 24.3 Å². The molecule has 0 atom stereocenters. The van der Waals surface area contributed by atoms with Crippen molar-refractivity contribution in [3.63, 3.8) is 0 Å². The lowest BCUT2D eigenvalue weighted by Crippen LogP contribution is -2.37. The molecule has 32 heavy (non-hydrogen) atoms. The predicted molar refractivity (Wildman–Crippen MR) is 121 cm³/mol. The maximum absolute atomic E-state index is 12.8. The molecule has 0 saturated heterocycles. The highest BCUT2D eigenvalue weighted by Gasteiger charge is 2.36. The number of nitrogens with one attached hydrogen (secondary N) is 1. The molecular weight excluding hydrogens is 428 g/mol. The van der Waals surface area contributed by atoms with E-state index in [-0.39, 0.29) is 16.7 Å². The number of rotatable bonds is 5. The number of carbonyl (C=O) groups excluding carboxylic acids is 4. The molecule has 7 nitrogen and oxygen atoms in total. The zero-order chi connectivity index (χ0) is 23.0. The van der Waals surface area contributed by atoms with Crippen LogP contribution in [0.5, 0.6) is 0 Å². The number of hydrogen-bond donors (Lipinski definition) is 1. The number of imide groups is 1. The van der Waals surface area contributed by atoms with Crippen LogP contribution in [-0.4, -0.2) is 42.2 Å². The second-order valence-corrected chi connectivity index (χ2v) is 8.61. The van der Waals surface area contributed by atoms with Crippen LogP contribution in [0.15, 0.2) is 48.5 Å². The number of anilines is 1. The van der Waals surface area contributed by atoms with E-state index in [2.05, 4.69) is 5.32 Å². The lowest BCUT2D eigenvalue weighted by molar-refractivity contribution is -0.116. The molecule has 3 aromatic rings. The number of carbonyl (C=O) groups is 4. The number of hydrogen-bond acceptors (Lipinski definition) is 6. The lowest BCUT2D eigenvalue weighted by Gasteiger charge is -2.14. The number of benzene rings is 2. The summed E-state index contributed by atoms with van der Waals surface area (Å²) in [5.41, 5.74) is 3.37. The third-order valence-electron chi connectivity index (χ3n) is 5.25. The molecule has 3 amide bonds. The molecule has 0 fully saturated rings. The van der Waals surface area contributed by atoms with E-state index < -0.39 is 30.2 Å². The molecule has 1 aliphatic heterocycles. The first-order valence-electron chi connectivity index (χ1n) is 9.85. The van der Waals surface area contributed by atoms with Gasteiger partial charge in [0.1, 0.15) is 17.1 Å². The SMILES string of the molecule is COC(=O)c1c(NC(=O)CN2C(=O)c3ccccc3C2=O)sc(C)c1-c1ccc(C)cc1. The van der Waals surface area contributed by atoms with Gasteiger partial charge in [0.05, 0.1) is 18.2 Å². The Bertz CT molecular complexity index is 1220. The Balaban J connectivity index is 1.62. The van der Waals surface area contributed by atoms with E-state index in [9.17, 15) is 19.2 Å². The summed E-state index contributed by atoms with van der Waals surface area (Å²) in [4.78, 5) is 52.2. The average molecular weight is 449 g/mol. The highest BCUT2D eigenvalue weighted by Crippen LogP contribution is 2.40. The molecule has 162 valence electrons. The summed E-state index contributed by atoms with van der Waals surface area (Å²) in [5, 5.41) is 3.01. The highest BCUT2D eigenvalue weighted by molar-refractivity contribution is 7.17. The first kappa shape index (κ1) is 21.5. The third kappa shape index (κ3) is 3.69. The molecule has 0 bridgehead atoms. The van der Waals surface area contributed by atoms with E-state index in [1.807, 2.05) is 38.1 Å². The van der Waals surface area contributed by atoms with Crippen molar-refractivity contribution in [2.24, 2.45) is 0 Å². The molecule has 4 rings (SSSR count). The Hall–Kier alpha value is -3.78. The van der Waals surface area contributed by atoms with Gasteiger partial charge in [-0.1, -0.05) is 42.0 Å². The standard InChI is InChI=1S/C24H20N2O5S/c1-13-8-10-15(11-9-13)19-14(2)32-21(20(19)24(30)31-3)25-18(27)12-26-22(28)16-6-4-5-7-17(16)23(26)29/h4-11H,12H2,1-3H3,(H,25,27). The summed E-state index contributed by atoms with van der Waals surface area (Å²) in [7, 11) is 1.28. The van der Waals surface area contributed by atoms with Gasteiger partial charge >= 0.3 is 5.97 Å². The van der Waals surface area contributed by atoms with Crippen LogP contribution in [0.1, 0.15) is 41.5 Å². The fourth-order valence-electron chi connectivity index (χ4n) is 3.69. The van der Waals surface area contributed by atoms with E-state index in [1.165, 1.54) is 18.4 Å². The van der Waals surface area contributed by atoms with Crippen LogP contribution in [0.4, 0.5) is 5.00 Å². The maximum Gasteiger partial charge on any atom is 0.341 e. The first-order valence-corrected chi connectivity index (χ1v) is 10.7. The summed E-state index contributed by atoms with van der Waals surface area (Å²) in [6.07, 6.45) is 0. The number of aryl methyl sites for hydroxylation is 2. The Morgan fingerprint density at radius 3 is 2.12 bits per heavy atom. The largest absolute Gasteiger partial charge is 0.465 e. The zero-order valence-electron chi connectivity index (χ0n) is 17.7. The van der Waals surface area contributed by atoms with E-state index in [0.29, 0.717) is 10.6 Å². The number of methoxy groups -OCH3 is 1. The number of fused-ring (bicyclic) bond motifs is 1. The number of esters is 1. The normalized spacial score (nSPS) is 12.7. The number of amides is 3. The van der Waals surface area contributed by atoms with Gasteiger partial charge in [-0.2, -0.15) is 0 Å². The zero-order valence-corrected chi connectivity index (χ0v) is 18.5. The summed E-state index contributed by atoms with van der Waals surface area (Å²) in [6, 6.07) is 14.1. The summed E-state index contributed by atoms with van der Waals surface area (Å²) in [5.74, 6) is -2.20. The maximum atomic E-state index is 12.8. The molecule has 0 aliphatic carbocycles. The fourth-order valence-corrected chi connectivity index (χ4v) is 4.77. The molecule has 2 aromatic carbocycles. The quantitative estimate of drug-likeness (QED) is 0.470. The van der Waals surface area contributed by atoms with Gasteiger partial charge in [-0.05, 0) is 31.5 Å². The van der Waals surface area contributed by atoms with Gasteiger partial charge in [0.2, 0.25) is 5.91 Å². The molecule has 8 heteroatoms. The second-order valence-electron chi connectivity index (χ2n) is 7.39. The summed E-state index contributed by atoms with van der Waals surface area (Å²) < 4.78 is 4.97. The first-order chi connectivity index (χ1) is 15.3. The van der Waals surface area contributed by atoms with Crippen LogP contribution >= 0.6 is 11.3 Å². The van der Waals surface area contributed by atoms with Crippen LogP contribution in [0.2, 0.25) is 0 Å². The molecule has 0 spiro atoms. The van der Waals surface area contributed by atoms with Crippen LogP contribution in [-0.2, 0) is 9.53 Å². The number of ether oxygens (including phenoxy) is 1. The van der Waals surface area contributed by atoms with Gasteiger partial charge in [-0.3, -0.25) is 19.3 Å². The molecular formula is C24H20N2O5S. The summed E-state index contributed by atoms with van der Waals surface area (Å²) >= 11 is 1.24. The highest BCUT2D eigenvalue weighted by atomic mass is 32.1. The van der Waals surface area contributed by atoms with E-state index >= 15 is 0 Å². The van der Waals surface area contributed by atoms with Crippen molar-refractivity contribution in [2.75, 3.05) is 19.0 Å². The fraction of sp³-hybridized carbons (Fsp3) is 0.167. The van der Waals surface area contributed by atoms with Crippen molar-refractivity contribution in [3.8, 4) is 11.1 Å². The topological polar surface area (TPSA) is 92.8 Å². The number of thiophene rings is 1. The minimum absolute atomic E-state index is 0.245. The van der Waals surface area contributed by atoms with Crippen molar-refractivity contribution in [1.29, 1.82) is 0 Å². The molecule has 1 N–H and O–H groups in total. The Labute approximate surface area is 188 Å². The molecule has 2 heterocycles. The molecule has 0 radical (unpaired) electrons. The monoisotopic (exact) mass is 448 g/mol. The minimum atomic E-state index is -0.582. The van der Waals surface area contributed by atoms with Crippen LogP contribution in [0.25, 0.3) is 11.1 Å². The van der Waals surface area contributed by atoms with Gasteiger partial charge in [-0.25, -0.2) is 4.79 Å². The molecule has 0 saturated carbocycles.